The average Bonchev–Trinajstić information content (AvgIpc) is 2.76. The third kappa shape index (κ3) is 2.82. The van der Waals surface area contributed by atoms with Crippen molar-refractivity contribution in [3.63, 3.8) is 0 Å². The number of benzene rings is 1. The first kappa shape index (κ1) is 13.3. The number of aryl methyl sites for hydroxylation is 1. The van der Waals surface area contributed by atoms with Gasteiger partial charge in [0.15, 0.2) is 5.13 Å². The fourth-order valence-electron chi connectivity index (χ4n) is 1.35. The molecule has 1 aromatic heterocycles. The predicted molar refractivity (Wildman–Crippen MR) is 73.8 cm³/mol. The van der Waals surface area contributed by atoms with E-state index in [1.165, 1.54) is 23.5 Å². The van der Waals surface area contributed by atoms with Crippen molar-refractivity contribution in [3.8, 4) is 0 Å². The number of halogens is 1. The lowest BCUT2D eigenvalue weighted by Gasteiger charge is -2.06. The van der Waals surface area contributed by atoms with Gasteiger partial charge >= 0.3 is 0 Å². The van der Waals surface area contributed by atoms with Crippen LogP contribution in [0.4, 0.5) is 5.13 Å². The van der Waals surface area contributed by atoms with E-state index in [-0.39, 0.29) is 9.92 Å². The number of sulfonamides is 1. The Morgan fingerprint density at radius 3 is 2.72 bits per heavy atom. The molecule has 1 N–H and O–H groups in total. The van der Waals surface area contributed by atoms with Crippen LogP contribution < -0.4 is 4.72 Å². The molecule has 0 fully saturated rings. The molecule has 0 unspecified atom stereocenters. The highest BCUT2D eigenvalue weighted by atomic mass is 35.5. The topological polar surface area (TPSA) is 59.1 Å². The van der Waals surface area contributed by atoms with E-state index < -0.39 is 10.0 Å². The van der Waals surface area contributed by atoms with Crippen LogP contribution in [0, 0.1) is 0 Å². The smallest absolute Gasteiger partial charge is 0.255 e. The summed E-state index contributed by atoms with van der Waals surface area (Å²) in [5.74, 6) is 0. The van der Waals surface area contributed by atoms with Crippen molar-refractivity contribution in [2.75, 3.05) is 4.72 Å². The second-order valence-corrected chi connectivity index (χ2v) is 6.69. The molecule has 0 saturated carbocycles. The zero-order chi connectivity index (χ0) is 13.2. The van der Waals surface area contributed by atoms with E-state index in [2.05, 4.69) is 9.71 Å². The standard InChI is InChI=1S/C11H11ClN2O2S2/c1-2-8-7-13-11(17-8)14-18(15,16)10-6-4-3-5-9(10)12/h3-7H,2H2,1H3,(H,13,14). The first-order valence-electron chi connectivity index (χ1n) is 5.25. The first-order chi connectivity index (χ1) is 8.53. The molecule has 4 nitrogen and oxygen atoms in total. The molecule has 2 rings (SSSR count). The van der Waals surface area contributed by atoms with E-state index in [0.717, 1.165) is 11.3 Å². The molecule has 0 atom stereocenters. The number of thiazole rings is 1. The maximum Gasteiger partial charge on any atom is 0.265 e. The van der Waals surface area contributed by atoms with Crippen molar-refractivity contribution in [3.05, 3.63) is 40.4 Å². The third-order valence-electron chi connectivity index (χ3n) is 2.25. The van der Waals surface area contributed by atoms with Crippen LogP contribution in [0.15, 0.2) is 35.4 Å². The van der Waals surface area contributed by atoms with Gasteiger partial charge in [-0.15, -0.1) is 11.3 Å². The van der Waals surface area contributed by atoms with Gasteiger partial charge in [-0.25, -0.2) is 13.4 Å². The quantitative estimate of drug-likeness (QED) is 0.944. The molecular formula is C11H11ClN2O2S2. The monoisotopic (exact) mass is 302 g/mol. The molecule has 7 heteroatoms. The normalized spacial score (nSPS) is 11.4. The zero-order valence-electron chi connectivity index (χ0n) is 9.55. The largest absolute Gasteiger partial charge is 0.265 e. The lowest BCUT2D eigenvalue weighted by atomic mass is 10.4. The minimum atomic E-state index is -3.67. The fourth-order valence-corrected chi connectivity index (χ4v) is 3.87. The van der Waals surface area contributed by atoms with Gasteiger partial charge in [0.2, 0.25) is 0 Å². The summed E-state index contributed by atoms with van der Waals surface area (Å²) in [6.45, 7) is 1.99. The Labute approximate surface area is 115 Å². The molecule has 0 spiro atoms. The minimum absolute atomic E-state index is 0.0555. The number of aromatic nitrogens is 1. The van der Waals surface area contributed by atoms with Crippen molar-refractivity contribution >= 4 is 38.1 Å². The van der Waals surface area contributed by atoms with Crippen molar-refractivity contribution in [2.45, 2.75) is 18.2 Å². The Balaban J connectivity index is 2.30. The zero-order valence-corrected chi connectivity index (χ0v) is 11.9. The van der Waals surface area contributed by atoms with E-state index in [4.69, 9.17) is 11.6 Å². The first-order valence-corrected chi connectivity index (χ1v) is 7.92. The van der Waals surface area contributed by atoms with Crippen LogP contribution >= 0.6 is 22.9 Å². The molecule has 0 bridgehead atoms. The van der Waals surface area contributed by atoms with Crippen LogP contribution in [0.2, 0.25) is 5.02 Å². The van der Waals surface area contributed by atoms with Gasteiger partial charge < -0.3 is 0 Å². The predicted octanol–water partition coefficient (Wildman–Crippen LogP) is 3.16. The summed E-state index contributed by atoms with van der Waals surface area (Å²) in [4.78, 5) is 5.09. The maximum atomic E-state index is 12.1. The number of anilines is 1. The van der Waals surface area contributed by atoms with E-state index in [9.17, 15) is 8.42 Å². The van der Waals surface area contributed by atoms with Gasteiger partial charge in [-0.1, -0.05) is 30.7 Å². The summed E-state index contributed by atoms with van der Waals surface area (Å²) < 4.78 is 26.6. The number of hydrogen-bond acceptors (Lipinski definition) is 4. The Hall–Kier alpha value is -1.11. The van der Waals surface area contributed by atoms with Crippen molar-refractivity contribution < 1.29 is 8.42 Å². The van der Waals surface area contributed by atoms with Gasteiger partial charge in [-0.05, 0) is 18.6 Å². The molecule has 1 aromatic carbocycles. The SMILES string of the molecule is CCc1cnc(NS(=O)(=O)c2ccccc2Cl)s1. The summed E-state index contributed by atoms with van der Waals surface area (Å²) in [6, 6.07) is 6.30. The molecular weight excluding hydrogens is 292 g/mol. The van der Waals surface area contributed by atoms with Gasteiger partial charge in [0.05, 0.1) is 5.02 Å². The molecule has 0 saturated heterocycles. The summed E-state index contributed by atoms with van der Waals surface area (Å²) in [7, 11) is -3.67. The number of nitrogens with one attached hydrogen (secondary N) is 1. The van der Waals surface area contributed by atoms with Crippen LogP contribution in [-0.2, 0) is 16.4 Å². The molecule has 2 aromatic rings. The highest BCUT2D eigenvalue weighted by Crippen LogP contribution is 2.25. The molecule has 0 radical (unpaired) electrons. The van der Waals surface area contributed by atoms with Crippen LogP contribution in [0.3, 0.4) is 0 Å². The lowest BCUT2D eigenvalue weighted by Crippen LogP contribution is -2.13. The van der Waals surface area contributed by atoms with Crippen LogP contribution in [-0.4, -0.2) is 13.4 Å². The van der Waals surface area contributed by atoms with Gasteiger partial charge in [-0.3, -0.25) is 4.72 Å². The number of nitrogens with zero attached hydrogens (tertiary/aromatic N) is 1. The Morgan fingerprint density at radius 1 is 1.39 bits per heavy atom. The second-order valence-electron chi connectivity index (χ2n) is 3.52. The number of hydrogen-bond donors (Lipinski definition) is 1. The molecule has 96 valence electrons. The minimum Gasteiger partial charge on any atom is -0.255 e. The molecule has 1 heterocycles. The van der Waals surface area contributed by atoms with E-state index in [0.29, 0.717) is 5.13 Å². The molecule has 0 amide bonds. The Kier molecular flexibility index (Phi) is 3.89. The van der Waals surface area contributed by atoms with E-state index in [1.54, 1.807) is 18.3 Å². The van der Waals surface area contributed by atoms with Crippen LogP contribution in [0.5, 0.6) is 0 Å². The van der Waals surface area contributed by atoms with Crippen LogP contribution in [0.25, 0.3) is 0 Å². The fraction of sp³-hybridized carbons (Fsp3) is 0.182. The van der Waals surface area contributed by atoms with Gasteiger partial charge in [-0.2, -0.15) is 0 Å². The third-order valence-corrected chi connectivity index (χ3v) is 5.27. The van der Waals surface area contributed by atoms with Gasteiger partial charge in [0, 0.05) is 11.1 Å². The second kappa shape index (κ2) is 5.26. The van der Waals surface area contributed by atoms with E-state index in [1.807, 2.05) is 6.92 Å². The molecule has 0 aliphatic rings. The van der Waals surface area contributed by atoms with Gasteiger partial charge in [0.1, 0.15) is 4.90 Å². The van der Waals surface area contributed by atoms with Crippen molar-refractivity contribution in [1.29, 1.82) is 0 Å². The summed E-state index contributed by atoms with van der Waals surface area (Å²) in [6.07, 6.45) is 2.49. The van der Waals surface area contributed by atoms with Gasteiger partial charge in [0.25, 0.3) is 10.0 Å². The maximum absolute atomic E-state index is 12.1. The molecule has 18 heavy (non-hydrogen) atoms. The summed E-state index contributed by atoms with van der Waals surface area (Å²) >= 11 is 7.19. The highest BCUT2D eigenvalue weighted by Gasteiger charge is 2.18. The number of rotatable bonds is 4. The van der Waals surface area contributed by atoms with Crippen molar-refractivity contribution in [2.24, 2.45) is 0 Å². The highest BCUT2D eigenvalue weighted by molar-refractivity contribution is 7.93. The molecule has 0 aliphatic carbocycles. The summed E-state index contributed by atoms with van der Waals surface area (Å²) in [5.41, 5.74) is 0. The average molecular weight is 303 g/mol. The van der Waals surface area contributed by atoms with Crippen LogP contribution in [0.1, 0.15) is 11.8 Å². The Bertz CT molecular complexity index is 653. The Morgan fingerprint density at radius 2 is 2.11 bits per heavy atom. The van der Waals surface area contributed by atoms with E-state index >= 15 is 0 Å². The summed E-state index contributed by atoms with van der Waals surface area (Å²) in [5, 5.41) is 0.545. The molecule has 0 aliphatic heterocycles. The lowest BCUT2D eigenvalue weighted by molar-refractivity contribution is 0.601. The van der Waals surface area contributed by atoms with Crippen molar-refractivity contribution in [1.82, 2.24) is 4.98 Å².